The summed E-state index contributed by atoms with van der Waals surface area (Å²) in [6.45, 7) is 6.35. The SMILES string of the molecule is CCNc1nc(C2(c3ccccc3)CCN(C(=O)Cn3nc(C)cc3N)CC2)cs1. The Labute approximate surface area is 180 Å². The van der Waals surface area contributed by atoms with E-state index >= 15 is 0 Å². The number of piperidine rings is 1. The molecule has 2 aromatic heterocycles. The zero-order valence-corrected chi connectivity index (χ0v) is 18.3. The lowest BCUT2D eigenvalue weighted by atomic mass is 9.70. The Morgan fingerprint density at radius 2 is 2.00 bits per heavy atom. The maximum Gasteiger partial charge on any atom is 0.244 e. The summed E-state index contributed by atoms with van der Waals surface area (Å²) in [4.78, 5) is 19.7. The van der Waals surface area contributed by atoms with E-state index in [1.54, 1.807) is 22.1 Å². The third kappa shape index (κ3) is 3.92. The number of carbonyl (C=O) groups is 1. The molecule has 0 aliphatic carbocycles. The second-order valence-corrected chi connectivity index (χ2v) is 8.62. The summed E-state index contributed by atoms with van der Waals surface area (Å²) in [5.74, 6) is 0.577. The van der Waals surface area contributed by atoms with Crippen LogP contribution in [0.1, 0.15) is 36.7 Å². The summed E-state index contributed by atoms with van der Waals surface area (Å²) in [5, 5.41) is 10.7. The van der Waals surface area contributed by atoms with Crippen molar-refractivity contribution in [2.75, 3.05) is 30.7 Å². The molecule has 4 rings (SSSR count). The highest BCUT2D eigenvalue weighted by Crippen LogP contribution is 2.42. The molecule has 1 saturated heterocycles. The van der Waals surface area contributed by atoms with Crippen LogP contribution in [0.3, 0.4) is 0 Å². The number of aromatic nitrogens is 3. The molecule has 0 atom stereocenters. The largest absolute Gasteiger partial charge is 0.384 e. The zero-order valence-electron chi connectivity index (χ0n) is 17.5. The fraction of sp³-hybridized carbons (Fsp3) is 0.409. The minimum absolute atomic E-state index is 0.0538. The number of carbonyl (C=O) groups excluding carboxylic acids is 1. The van der Waals surface area contributed by atoms with Gasteiger partial charge in [0.2, 0.25) is 5.91 Å². The molecule has 1 amide bonds. The van der Waals surface area contributed by atoms with Crippen molar-refractivity contribution < 1.29 is 4.79 Å². The number of amides is 1. The highest BCUT2D eigenvalue weighted by Gasteiger charge is 2.40. The lowest BCUT2D eigenvalue weighted by Gasteiger charge is -2.41. The van der Waals surface area contributed by atoms with Gasteiger partial charge in [-0.3, -0.25) is 4.79 Å². The van der Waals surface area contributed by atoms with Gasteiger partial charge in [0.15, 0.2) is 5.13 Å². The number of thiazole rings is 1. The first-order valence-corrected chi connectivity index (χ1v) is 11.2. The van der Waals surface area contributed by atoms with E-state index in [1.807, 2.05) is 17.9 Å². The van der Waals surface area contributed by atoms with Crippen LogP contribution in [-0.2, 0) is 16.8 Å². The van der Waals surface area contributed by atoms with Crippen molar-refractivity contribution in [2.45, 2.75) is 38.6 Å². The van der Waals surface area contributed by atoms with Gasteiger partial charge in [0.25, 0.3) is 0 Å². The van der Waals surface area contributed by atoms with Crippen molar-refractivity contribution in [1.82, 2.24) is 19.7 Å². The van der Waals surface area contributed by atoms with Crippen LogP contribution >= 0.6 is 11.3 Å². The lowest BCUT2D eigenvalue weighted by Crippen LogP contribution is -2.47. The minimum Gasteiger partial charge on any atom is -0.384 e. The summed E-state index contributed by atoms with van der Waals surface area (Å²) in [6, 6.07) is 12.3. The first-order chi connectivity index (χ1) is 14.5. The van der Waals surface area contributed by atoms with E-state index in [2.05, 4.69) is 47.0 Å². The molecule has 30 heavy (non-hydrogen) atoms. The fourth-order valence-electron chi connectivity index (χ4n) is 4.23. The molecule has 158 valence electrons. The second-order valence-electron chi connectivity index (χ2n) is 7.77. The Hall–Kier alpha value is -2.87. The van der Waals surface area contributed by atoms with E-state index in [9.17, 15) is 4.79 Å². The van der Waals surface area contributed by atoms with Crippen molar-refractivity contribution in [1.29, 1.82) is 0 Å². The van der Waals surface area contributed by atoms with E-state index in [0.717, 1.165) is 35.9 Å². The van der Waals surface area contributed by atoms with Gasteiger partial charge in [-0.2, -0.15) is 5.10 Å². The van der Waals surface area contributed by atoms with Gasteiger partial charge in [-0.25, -0.2) is 9.67 Å². The summed E-state index contributed by atoms with van der Waals surface area (Å²) in [6.07, 6.45) is 1.68. The molecule has 0 bridgehead atoms. The van der Waals surface area contributed by atoms with Gasteiger partial charge < -0.3 is 16.0 Å². The monoisotopic (exact) mass is 424 g/mol. The Morgan fingerprint density at radius 1 is 1.27 bits per heavy atom. The van der Waals surface area contributed by atoms with Gasteiger partial charge in [0.05, 0.1) is 11.4 Å². The van der Waals surface area contributed by atoms with E-state index in [1.165, 1.54) is 5.56 Å². The van der Waals surface area contributed by atoms with Gasteiger partial charge in [-0.05, 0) is 32.3 Å². The highest BCUT2D eigenvalue weighted by molar-refractivity contribution is 7.13. The number of hydrogen-bond donors (Lipinski definition) is 2. The normalized spacial score (nSPS) is 15.9. The number of hydrogen-bond acceptors (Lipinski definition) is 6. The molecule has 0 saturated carbocycles. The van der Waals surface area contributed by atoms with Crippen molar-refractivity contribution in [3.8, 4) is 0 Å². The van der Waals surface area contributed by atoms with Gasteiger partial charge in [-0.15, -0.1) is 11.3 Å². The van der Waals surface area contributed by atoms with Crippen molar-refractivity contribution in [3.63, 3.8) is 0 Å². The van der Waals surface area contributed by atoms with Gasteiger partial charge in [-0.1, -0.05) is 30.3 Å². The maximum atomic E-state index is 12.9. The number of likely N-dealkylation sites (tertiary alicyclic amines) is 1. The van der Waals surface area contributed by atoms with Crippen molar-refractivity contribution in [2.24, 2.45) is 0 Å². The smallest absolute Gasteiger partial charge is 0.244 e. The molecule has 0 unspecified atom stereocenters. The third-order valence-corrected chi connectivity index (χ3v) is 6.64. The zero-order chi connectivity index (χ0) is 21.1. The van der Waals surface area contributed by atoms with Crippen LogP contribution in [0, 0.1) is 6.92 Å². The van der Waals surface area contributed by atoms with Crippen LogP contribution in [0.15, 0.2) is 41.8 Å². The van der Waals surface area contributed by atoms with Crippen molar-refractivity contribution >= 4 is 28.2 Å². The number of nitrogens with two attached hydrogens (primary N) is 1. The number of anilines is 2. The quantitative estimate of drug-likeness (QED) is 0.634. The summed E-state index contributed by atoms with van der Waals surface area (Å²) < 4.78 is 1.58. The van der Waals surface area contributed by atoms with Crippen LogP contribution < -0.4 is 11.1 Å². The predicted octanol–water partition coefficient (Wildman–Crippen LogP) is 3.27. The molecule has 3 N–H and O–H groups in total. The predicted molar refractivity (Wildman–Crippen MR) is 121 cm³/mol. The molecular weight excluding hydrogens is 396 g/mol. The van der Waals surface area contributed by atoms with E-state index in [0.29, 0.717) is 18.9 Å². The molecule has 1 aromatic carbocycles. The number of aryl methyl sites for hydroxylation is 1. The number of benzene rings is 1. The van der Waals surface area contributed by atoms with Crippen LogP contribution in [0.25, 0.3) is 0 Å². The maximum absolute atomic E-state index is 12.9. The minimum atomic E-state index is -0.177. The molecule has 1 aliphatic rings. The molecule has 0 spiro atoms. The first kappa shape index (κ1) is 20.4. The second kappa shape index (κ2) is 8.47. The Kier molecular flexibility index (Phi) is 5.76. The van der Waals surface area contributed by atoms with E-state index in [-0.39, 0.29) is 17.9 Å². The Bertz CT molecular complexity index is 1000. The molecule has 3 heterocycles. The van der Waals surface area contributed by atoms with E-state index in [4.69, 9.17) is 10.7 Å². The molecule has 3 aromatic rings. The average molecular weight is 425 g/mol. The fourth-order valence-corrected chi connectivity index (χ4v) is 5.11. The van der Waals surface area contributed by atoms with Crippen molar-refractivity contribution in [3.05, 3.63) is 58.7 Å². The molecule has 0 radical (unpaired) electrons. The standard InChI is InChI=1S/C22H28N6OS/c1-3-24-21-25-18(15-30-21)22(17-7-5-4-6-8-17)9-11-27(12-10-22)20(29)14-28-19(23)13-16(2)26-28/h4-8,13,15H,3,9-12,14,23H2,1-2H3,(H,24,25). The van der Waals surface area contributed by atoms with E-state index < -0.39 is 0 Å². The highest BCUT2D eigenvalue weighted by atomic mass is 32.1. The lowest BCUT2D eigenvalue weighted by molar-refractivity contribution is -0.133. The Balaban J connectivity index is 1.54. The summed E-state index contributed by atoms with van der Waals surface area (Å²) in [7, 11) is 0. The molecular formula is C22H28N6OS. The van der Waals surface area contributed by atoms with Crippen LogP contribution in [-0.4, -0.2) is 45.2 Å². The average Bonchev–Trinajstić information content (AvgIpc) is 3.35. The van der Waals surface area contributed by atoms with Gasteiger partial charge in [0.1, 0.15) is 12.4 Å². The van der Waals surface area contributed by atoms with Crippen LogP contribution in [0.4, 0.5) is 10.9 Å². The van der Waals surface area contributed by atoms with Crippen LogP contribution in [0.5, 0.6) is 0 Å². The Morgan fingerprint density at radius 3 is 2.63 bits per heavy atom. The number of nitrogen functional groups attached to an aromatic ring is 1. The molecule has 7 nitrogen and oxygen atoms in total. The number of nitrogens with one attached hydrogen (secondary N) is 1. The number of nitrogens with zero attached hydrogens (tertiary/aromatic N) is 4. The molecule has 1 fully saturated rings. The molecule has 1 aliphatic heterocycles. The van der Waals surface area contributed by atoms with Gasteiger partial charge >= 0.3 is 0 Å². The summed E-state index contributed by atoms with van der Waals surface area (Å²) >= 11 is 1.65. The summed E-state index contributed by atoms with van der Waals surface area (Å²) in [5.41, 5.74) is 8.96. The third-order valence-electron chi connectivity index (χ3n) is 5.84. The van der Waals surface area contributed by atoms with Gasteiger partial charge in [0, 0.05) is 36.5 Å². The molecule has 8 heteroatoms. The topological polar surface area (TPSA) is 89.1 Å². The first-order valence-electron chi connectivity index (χ1n) is 10.3. The number of rotatable bonds is 6. The van der Waals surface area contributed by atoms with Crippen LogP contribution in [0.2, 0.25) is 0 Å².